The Balaban J connectivity index is 3.39. The van der Waals surface area contributed by atoms with E-state index in [2.05, 4.69) is 0 Å². The summed E-state index contributed by atoms with van der Waals surface area (Å²) < 4.78 is 61.7. The molecule has 0 aliphatic carbocycles. The van der Waals surface area contributed by atoms with Gasteiger partial charge in [-0.1, -0.05) is 0 Å². The predicted molar refractivity (Wildman–Crippen MR) is 64.9 cm³/mol. The van der Waals surface area contributed by atoms with Gasteiger partial charge in [-0.2, -0.15) is 9.98 Å². The highest BCUT2D eigenvalue weighted by Crippen LogP contribution is 2.19. The predicted octanol–water partition coefficient (Wildman–Crippen LogP) is 0.420. The quantitative estimate of drug-likeness (QED) is 0.812. The topological polar surface area (TPSA) is 104 Å². The fourth-order valence-corrected chi connectivity index (χ4v) is 3.22. The molecular formula is C10H11FN2O4S2. The number of halogens is 1. The summed E-state index contributed by atoms with van der Waals surface area (Å²) in [6, 6.07) is 3.00. The van der Waals surface area contributed by atoms with Crippen LogP contribution in [-0.2, 0) is 19.9 Å². The molecule has 0 saturated carbocycles. The van der Waals surface area contributed by atoms with E-state index in [-0.39, 0.29) is 4.90 Å². The summed E-state index contributed by atoms with van der Waals surface area (Å²) in [6.45, 7) is 1.27. The molecule has 1 rings (SSSR count). The van der Waals surface area contributed by atoms with E-state index in [4.69, 9.17) is 5.26 Å². The van der Waals surface area contributed by atoms with Gasteiger partial charge in [0.15, 0.2) is 9.84 Å². The standard InChI is InChI=1S/C10H11FN2O4S2/c1-7(6-12)13-19(16,17)10-5-8(18(2,14)15)3-4-9(10)11/h3-5,7,13H,1-2H3. The Bertz CT molecular complexity index is 735. The summed E-state index contributed by atoms with van der Waals surface area (Å²) in [7, 11) is -7.96. The molecular weight excluding hydrogens is 295 g/mol. The lowest BCUT2D eigenvalue weighted by molar-refractivity contribution is 0.552. The molecule has 0 aliphatic rings. The van der Waals surface area contributed by atoms with Gasteiger partial charge in [-0.25, -0.2) is 21.2 Å². The van der Waals surface area contributed by atoms with E-state index in [1.54, 1.807) is 6.07 Å². The minimum Gasteiger partial charge on any atom is -0.224 e. The molecule has 0 bridgehead atoms. The first kappa shape index (κ1) is 15.6. The van der Waals surface area contributed by atoms with Crippen molar-refractivity contribution >= 4 is 19.9 Å². The highest BCUT2D eigenvalue weighted by molar-refractivity contribution is 7.91. The average molecular weight is 306 g/mol. The fourth-order valence-electron chi connectivity index (χ4n) is 1.24. The molecule has 0 spiro atoms. The van der Waals surface area contributed by atoms with Crippen LogP contribution < -0.4 is 4.72 Å². The van der Waals surface area contributed by atoms with Crippen LogP contribution in [0, 0.1) is 17.1 Å². The molecule has 1 unspecified atom stereocenters. The Morgan fingerprint density at radius 1 is 1.32 bits per heavy atom. The lowest BCUT2D eigenvalue weighted by atomic mass is 10.3. The summed E-state index contributed by atoms with van der Waals surface area (Å²) in [5.41, 5.74) is 0. The number of nitrogens with zero attached hydrogens (tertiary/aromatic N) is 1. The maximum Gasteiger partial charge on any atom is 0.244 e. The molecule has 1 aromatic carbocycles. The first-order valence-electron chi connectivity index (χ1n) is 4.99. The van der Waals surface area contributed by atoms with Crippen LogP contribution in [-0.4, -0.2) is 29.1 Å². The van der Waals surface area contributed by atoms with Crippen LogP contribution >= 0.6 is 0 Å². The van der Waals surface area contributed by atoms with Crippen molar-refractivity contribution in [2.45, 2.75) is 22.8 Å². The maximum atomic E-state index is 13.5. The van der Waals surface area contributed by atoms with Crippen LogP contribution in [0.1, 0.15) is 6.92 Å². The van der Waals surface area contributed by atoms with Gasteiger partial charge in [0, 0.05) is 6.26 Å². The molecule has 0 aromatic heterocycles. The SMILES string of the molecule is CC(C#N)NS(=O)(=O)c1cc(S(C)(=O)=O)ccc1F. The van der Waals surface area contributed by atoms with Crippen molar-refractivity contribution in [3.8, 4) is 6.07 Å². The van der Waals surface area contributed by atoms with Gasteiger partial charge >= 0.3 is 0 Å². The van der Waals surface area contributed by atoms with E-state index in [1.165, 1.54) is 6.92 Å². The molecule has 19 heavy (non-hydrogen) atoms. The zero-order chi connectivity index (χ0) is 14.8. The molecule has 1 aromatic rings. The third-order valence-corrected chi connectivity index (χ3v) is 4.81. The number of rotatable bonds is 4. The third kappa shape index (κ3) is 3.73. The van der Waals surface area contributed by atoms with E-state index in [1.807, 2.05) is 4.72 Å². The van der Waals surface area contributed by atoms with E-state index in [0.717, 1.165) is 24.5 Å². The lowest BCUT2D eigenvalue weighted by Gasteiger charge is -2.09. The normalized spacial score (nSPS) is 13.8. The number of sulfonamides is 1. The van der Waals surface area contributed by atoms with E-state index in [9.17, 15) is 21.2 Å². The number of nitrogens with one attached hydrogen (secondary N) is 1. The van der Waals surface area contributed by atoms with Crippen LogP contribution in [0.2, 0.25) is 0 Å². The van der Waals surface area contributed by atoms with Gasteiger partial charge in [-0.15, -0.1) is 0 Å². The lowest BCUT2D eigenvalue weighted by Crippen LogP contribution is -2.32. The van der Waals surface area contributed by atoms with Crippen molar-refractivity contribution in [3.05, 3.63) is 24.0 Å². The minimum atomic E-state index is -4.30. The highest BCUT2D eigenvalue weighted by atomic mass is 32.2. The van der Waals surface area contributed by atoms with E-state index < -0.39 is 36.6 Å². The zero-order valence-corrected chi connectivity index (χ0v) is 11.7. The van der Waals surface area contributed by atoms with Gasteiger partial charge in [0.1, 0.15) is 16.8 Å². The first-order valence-corrected chi connectivity index (χ1v) is 8.37. The molecule has 0 radical (unpaired) electrons. The molecule has 0 heterocycles. The van der Waals surface area contributed by atoms with Gasteiger partial charge in [0.2, 0.25) is 10.0 Å². The zero-order valence-electron chi connectivity index (χ0n) is 10.1. The third-order valence-electron chi connectivity index (χ3n) is 2.15. The smallest absolute Gasteiger partial charge is 0.224 e. The number of hydrogen-bond donors (Lipinski definition) is 1. The van der Waals surface area contributed by atoms with Crippen LogP contribution in [0.25, 0.3) is 0 Å². The average Bonchev–Trinajstić information content (AvgIpc) is 2.26. The maximum absolute atomic E-state index is 13.5. The van der Waals surface area contributed by atoms with Gasteiger partial charge < -0.3 is 0 Å². The Labute approximate surface area is 110 Å². The first-order chi connectivity index (χ1) is 8.58. The Morgan fingerprint density at radius 2 is 1.89 bits per heavy atom. The van der Waals surface area contributed by atoms with Crippen molar-refractivity contribution in [2.75, 3.05) is 6.26 Å². The fraction of sp³-hybridized carbons (Fsp3) is 0.300. The number of benzene rings is 1. The van der Waals surface area contributed by atoms with Crippen LogP contribution in [0.5, 0.6) is 0 Å². The summed E-state index contributed by atoms with van der Waals surface area (Å²) in [5.74, 6) is -1.09. The molecule has 0 saturated heterocycles. The molecule has 1 atom stereocenters. The van der Waals surface area contributed by atoms with E-state index in [0.29, 0.717) is 0 Å². The second kappa shape index (κ2) is 5.24. The van der Waals surface area contributed by atoms with Gasteiger partial charge in [0.25, 0.3) is 0 Å². The molecule has 9 heteroatoms. The summed E-state index contributed by atoms with van der Waals surface area (Å²) in [4.78, 5) is -1.13. The van der Waals surface area contributed by atoms with Crippen LogP contribution in [0.15, 0.2) is 28.0 Å². The van der Waals surface area contributed by atoms with Crippen LogP contribution in [0.3, 0.4) is 0 Å². The van der Waals surface area contributed by atoms with Gasteiger partial charge in [0.05, 0.1) is 11.0 Å². The van der Waals surface area contributed by atoms with Gasteiger partial charge in [-0.05, 0) is 25.1 Å². The molecule has 0 amide bonds. The highest BCUT2D eigenvalue weighted by Gasteiger charge is 2.23. The molecule has 0 fully saturated rings. The molecule has 0 aliphatic heterocycles. The summed E-state index contributed by atoms with van der Waals surface area (Å²) in [5, 5.41) is 8.53. The summed E-state index contributed by atoms with van der Waals surface area (Å²) in [6.07, 6.45) is 0.877. The Morgan fingerprint density at radius 3 is 2.37 bits per heavy atom. The van der Waals surface area contributed by atoms with E-state index >= 15 is 0 Å². The van der Waals surface area contributed by atoms with Crippen molar-refractivity contribution in [1.82, 2.24) is 4.72 Å². The monoisotopic (exact) mass is 306 g/mol. The summed E-state index contributed by atoms with van der Waals surface area (Å²) >= 11 is 0. The van der Waals surface area contributed by atoms with Gasteiger partial charge in [-0.3, -0.25) is 0 Å². The van der Waals surface area contributed by atoms with Crippen molar-refractivity contribution in [3.63, 3.8) is 0 Å². The van der Waals surface area contributed by atoms with Crippen molar-refractivity contribution in [2.24, 2.45) is 0 Å². The molecule has 104 valence electrons. The van der Waals surface area contributed by atoms with Crippen molar-refractivity contribution < 1.29 is 21.2 Å². The number of nitriles is 1. The second-order valence-electron chi connectivity index (χ2n) is 3.84. The number of sulfone groups is 1. The minimum absolute atomic E-state index is 0.320. The largest absolute Gasteiger partial charge is 0.244 e. The molecule has 6 nitrogen and oxygen atoms in total. The van der Waals surface area contributed by atoms with Crippen LogP contribution in [0.4, 0.5) is 4.39 Å². The Hall–Kier alpha value is -1.50. The number of hydrogen-bond acceptors (Lipinski definition) is 5. The van der Waals surface area contributed by atoms with Crippen molar-refractivity contribution in [1.29, 1.82) is 5.26 Å². The molecule has 1 N–H and O–H groups in total. The second-order valence-corrected chi connectivity index (χ2v) is 7.53. The Kier molecular flexibility index (Phi) is 4.29.